The maximum Gasteiger partial charge on any atom is 0.256 e. The molecule has 0 bridgehead atoms. The summed E-state index contributed by atoms with van der Waals surface area (Å²) < 4.78 is 0. The molecule has 200 valence electrons. The Bertz CT molecular complexity index is 1530. The minimum Gasteiger partial charge on any atom is -0.337 e. The van der Waals surface area contributed by atoms with Crippen LogP contribution in [0.25, 0.3) is 11.0 Å². The molecule has 1 fully saturated rings. The summed E-state index contributed by atoms with van der Waals surface area (Å²) in [5.74, 6) is -0.644. The monoisotopic (exact) mass is 524 g/mol. The summed E-state index contributed by atoms with van der Waals surface area (Å²) in [5, 5.41) is 6.50. The lowest BCUT2D eigenvalue weighted by Gasteiger charge is -2.32. The second kappa shape index (κ2) is 11.2. The molecule has 0 saturated carbocycles. The molecule has 1 saturated heterocycles. The van der Waals surface area contributed by atoms with Gasteiger partial charge in [0.15, 0.2) is 5.78 Å². The zero-order valence-corrected chi connectivity index (χ0v) is 22.4. The number of hydrogen-bond donors (Lipinski definition) is 3. The highest BCUT2D eigenvalue weighted by molar-refractivity contribution is 6.08. The van der Waals surface area contributed by atoms with Gasteiger partial charge in [0.05, 0.1) is 17.6 Å². The van der Waals surface area contributed by atoms with Gasteiger partial charge in [0.2, 0.25) is 0 Å². The van der Waals surface area contributed by atoms with Crippen molar-refractivity contribution in [1.82, 2.24) is 19.8 Å². The Morgan fingerprint density at radius 3 is 2.33 bits per heavy atom. The standard InChI is InChI=1S/C30H32N6O3/c1-19-4-9-24(32-29(38)22-7-5-21(6-8-22)18-36-12-10-35(3)11-13-36)16-26(19)30(39)33-25-14-23-15-27(20(2)37)34-28(23)31-17-25/h4-9,14-17H,10-13,18H2,1-3H3,(H,31,34)(H,32,38)(H,33,39). The number of aromatic amines is 1. The molecule has 2 aromatic heterocycles. The predicted octanol–water partition coefficient (Wildman–Crippen LogP) is 4.33. The lowest BCUT2D eigenvalue weighted by Crippen LogP contribution is -2.43. The average Bonchev–Trinajstić information content (AvgIpc) is 3.35. The Morgan fingerprint density at radius 2 is 1.62 bits per heavy atom. The first-order valence-corrected chi connectivity index (χ1v) is 13.0. The molecular weight excluding hydrogens is 492 g/mol. The number of pyridine rings is 1. The van der Waals surface area contributed by atoms with Crippen molar-refractivity contribution in [3.63, 3.8) is 0 Å². The number of piperazine rings is 1. The van der Waals surface area contributed by atoms with E-state index in [1.54, 1.807) is 30.3 Å². The Labute approximate surface area is 227 Å². The van der Waals surface area contributed by atoms with E-state index >= 15 is 0 Å². The van der Waals surface area contributed by atoms with E-state index in [1.807, 2.05) is 31.2 Å². The van der Waals surface area contributed by atoms with Crippen molar-refractivity contribution in [3.05, 3.63) is 88.7 Å². The number of nitrogens with zero attached hydrogens (tertiary/aromatic N) is 3. The quantitative estimate of drug-likeness (QED) is 0.311. The third-order valence-corrected chi connectivity index (χ3v) is 7.07. The number of nitrogens with one attached hydrogen (secondary N) is 3. The molecule has 4 aromatic rings. The SMILES string of the molecule is CC(=O)c1cc2cc(NC(=O)c3cc(NC(=O)c4ccc(CN5CCN(C)CC5)cc4)ccc3C)cnc2[nH]1. The Hall–Kier alpha value is -4.34. The first kappa shape index (κ1) is 26.3. The number of carbonyl (C=O) groups is 3. The molecule has 3 heterocycles. The lowest BCUT2D eigenvalue weighted by molar-refractivity contribution is 0.100. The van der Waals surface area contributed by atoms with Crippen LogP contribution in [0.4, 0.5) is 11.4 Å². The fourth-order valence-electron chi connectivity index (χ4n) is 4.65. The molecule has 9 heteroatoms. The highest BCUT2D eigenvalue weighted by Gasteiger charge is 2.16. The Morgan fingerprint density at radius 1 is 0.897 bits per heavy atom. The topological polar surface area (TPSA) is 110 Å². The molecule has 0 atom stereocenters. The van der Waals surface area contributed by atoms with Gasteiger partial charge in [-0.25, -0.2) is 4.98 Å². The van der Waals surface area contributed by atoms with E-state index in [1.165, 1.54) is 18.7 Å². The predicted molar refractivity (Wildman–Crippen MR) is 152 cm³/mol. The molecule has 39 heavy (non-hydrogen) atoms. The number of aromatic nitrogens is 2. The second-order valence-corrected chi connectivity index (χ2v) is 10.1. The summed E-state index contributed by atoms with van der Waals surface area (Å²) in [4.78, 5) is 49.7. The van der Waals surface area contributed by atoms with Crippen molar-refractivity contribution < 1.29 is 14.4 Å². The average molecular weight is 525 g/mol. The summed E-state index contributed by atoms with van der Waals surface area (Å²) in [6, 6.07) is 16.4. The zero-order valence-electron chi connectivity index (χ0n) is 22.4. The van der Waals surface area contributed by atoms with Crippen LogP contribution in [-0.4, -0.2) is 70.6 Å². The summed E-state index contributed by atoms with van der Waals surface area (Å²) in [6.07, 6.45) is 1.54. The number of amides is 2. The van der Waals surface area contributed by atoms with Gasteiger partial charge in [0.25, 0.3) is 11.8 Å². The molecule has 2 aromatic carbocycles. The van der Waals surface area contributed by atoms with Gasteiger partial charge in [-0.15, -0.1) is 0 Å². The number of aryl methyl sites for hydroxylation is 1. The molecule has 9 nitrogen and oxygen atoms in total. The molecule has 1 aliphatic rings. The smallest absolute Gasteiger partial charge is 0.256 e. The third-order valence-electron chi connectivity index (χ3n) is 7.07. The van der Waals surface area contributed by atoms with Gasteiger partial charge in [-0.05, 0) is 61.5 Å². The summed E-state index contributed by atoms with van der Waals surface area (Å²) >= 11 is 0. The number of rotatable bonds is 7. The van der Waals surface area contributed by atoms with Gasteiger partial charge in [-0.2, -0.15) is 0 Å². The fraction of sp³-hybridized carbons (Fsp3) is 0.267. The number of Topliss-reactive ketones (excluding diaryl/α,β-unsaturated/α-hetero) is 1. The molecule has 5 rings (SSSR count). The number of benzene rings is 2. The van der Waals surface area contributed by atoms with Crippen LogP contribution in [-0.2, 0) is 6.54 Å². The van der Waals surface area contributed by atoms with Crippen molar-refractivity contribution in [3.8, 4) is 0 Å². The highest BCUT2D eigenvalue weighted by Crippen LogP contribution is 2.21. The molecular formula is C30H32N6O3. The van der Waals surface area contributed by atoms with Gasteiger partial charge < -0.3 is 20.5 Å². The maximum absolute atomic E-state index is 13.1. The van der Waals surface area contributed by atoms with Crippen molar-refractivity contribution in [2.24, 2.45) is 0 Å². The van der Waals surface area contributed by atoms with E-state index in [-0.39, 0.29) is 17.6 Å². The molecule has 3 N–H and O–H groups in total. The van der Waals surface area contributed by atoms with Crippen molar-refractivity contribution in [2.75, 3.05) is 43.9 Å². The molecule has 0 radical (unpaired) electrons. The molecule has 0 spiro atoms. The number of ketones is 1. The number of carbonyl (C=O) groups excluding carboxylic acids is 3. The first-order chi connectivity index (χ1) is 18.7. The first-order valence-electron chi connectivity index (χ1n) is 13.0. The van der Waals surface area contributed by atoms with Crippen LogP contribution in [0.5, 0.6) is 0 Å². The summed E-state index contributed by atoms with van der Waals surface area (Å²) in [7, 11) is 2.14. The normalized spacial score (nSPS) is 14.3. The van der Waals surface area contributed by atoms with Crippen LogP contribution in [0.1, 0.15) is 49.3 Å². The third kappa shape index (κ3) is 6.22. The van der Waals surface area contributed by atoms with E-state index in [9.17, 15) is 14.4 Å². The van der Waals surface area contributed by atoms with Crippen molar-refractivity contribution in [1.29, 1.82) is 0 Å². The Balaban J connectivity index is 1.23. The van der Waals surface area contributed by atoms with Gasteiger partial charge in [0, 0.05) is 61.8 Å². The molecule has 2 amide bonds. The van der Waals surface area contributed by atoms with Crippen LogP contribution in [0.15, 0.2) is 60.8 Å². The van der Waals surface area contributed by atoms with Crippen LogP contribution in [0.3, 0.4) is 0 Å². The largest absolute Gasteiger partial charge is 0.337 e. The second-order valence-electron chi connectivity index (χ2n) is 10.1. The van der Waals surface area contributed by atoms with Gasteiger partial charge in [-0.3, -0.25) is 19.3 Å². The maximum atomic E-state index is 13.1. The van der Waals surface area contributed by atoms with E-state index in [4.69, 9.17) is 0 Å². The minimum atomic E-state index is -0.319. The highest BCUT2D eigenvalue weighted by atomic mass is 16.2. The van der Waals surface area contributed by atoms with Crippen LogP contribution in [0, 0.1) is 6.92 Å². The summed E-state index contributed by atoms with van der Waals surface area (Å²) in [5.41, 5.74) is 5.02. The van der Waals surface area contributed by atoms with Gasteiger partial charge in [-0.1, -0.05) is 18.2 Å². The zero-order chi connectivity index (χ0) is 27.5. The van der Waals surface area contributed by atoms with Crippen LogP contribution >= 0.6 is 0 Å². The van der Waals surface area contributed by atoms with Crippen molar-refractivity contribution >= 4 is 40.0 Å². The number of hydrogen-bond acceptors (Lipinski definition) is 6. The number of fused-ring (bicyclic) bond motifs is 1. The number of anilines is 2. The van der Waals surface area contributed by atoms with E-state index < -0.39 is 0 Å². The van der Waals surface area contributed by atoms with Crippen LogP contribution in [0.2, 0.25) is 0 Å². The van der Waals surface area contributed by atoms with Gasteiger partial charge in [0.1, 0.15) is 5.65 Å². The molecule has 1 aliphatic heterocycles. The van der Waals surface area contributed by atoms with Gasteiger partial charge >= 0.3 is 0 Å². The van der Waals surface area contributed by atoms with E-state index in [2.05, 4.69) is 37.4 Å². The van der Waals surface area contributed by atoms with E-state index in [0.717, 1.165) is 43.7 Å². The van der Waals surface area contributed by atoms with Crippen LogP contribution < -0.4 is 10.6 Å². The summed E-state index contributed by atoms with van der Waals surface area (Å²) in [6.45, 7) is 8.41. The molecule has 0 aliphatic carbocycles. The fourth-order valence-corrected chi connectivity index (χ4v) is 4.65. The Kier molecular flexibility index (Phi) is 7.53. The lowest BCUT2D eigenvalue weighted by atomic mass is 10.1. The minimum absolute atomic E-state index is 0.0883. The number of likely N-dealkylation sites (N-methyl/N-ethyl adjacent to an activating group) is 1. The molecule has 0 unspecified atom stereocenters. The number of H-pyrrole nitrogens is 1. The van der Waals surface area contributed by atoms with Crippen molar-refractivity contribution in [2.45, 2.75) is 20.4 Å². The van der Waals surface area contributed by atoms with E-state index in [0.29, 0.717) is 33.8 Å².